The van der Waals surface area contributed by atoms with Crippen molar-refractivity contribution in [3.63, 3.8) is 0 Å². The topological polar surface area (TPSA) is 18.5 Å². The third-order valence-corrected chi connectivity index (χ3v) is 2.36. The van der Waals surface area contributed by atoms with Gasteiger partial charge in [-0.1, -0.05) is 13.8 Å². The first kappa shape index (κ1) is 13.5. The van der Waals surface area contributed by atoms with E-state index in [0.29, 0.717) is 13.2 Å². The summed E-state index contributed by atoms with van der Waals surface area (Å²) in [5.74, 6) is -0.234. The Labute approximate surface area is 90.5 Å². The molecule has 0 N–H and O–H groups in total. The molecule has 0 spiro atoms. The molecule has 13 heavy (non-hydrogen) atoms. The summed E-state index contributed by atoms with van der Waals surface area (Å²) in [5, 5.41) is 0. The van der Waals surface area contributed by atoms with Crippen LogP contribution >= 0.6 is 23.2 Å². The highest BCUT2D eigenvalue weighted by molar-refractivity contribution is 6.21. The molecule has 0 aliphatic carbocycles. The van der Waals surface area contributed by atoms with Crippen LogP contribution in [0.5, 0.6) is 0 Å². The molecule has 0 aromatic carbocycles. The lowest BCUT2D eigenvalue weighted by atomic mass is 10.3. The Hall–Kier alpha value is 0.500. The van der Waals surface area contributed by atoms with Gasteiger partial charge in [-0.05, 0) is 12.8 Å². The Kier molecular flexibility index (Phi) is 8.17. The Balaban J connectivity index is 3.97. The van der Waals surface area contributed by atoms with Crippen LogP contribution in [0.15, 0.2) is 0 Å². The van der Waals surface area contributed by atoms with Gasteiger partial charge in [0.1, 0.15) is 0 Å². The molecule has 0 aliphatic rings. The molecule has 0 fully saturated rings. The fourth-order valence-corrected chi connectivity index (χ4v) is 1.40. The van der Waals surface area contributed by atoms with E-state index >= 15 is 0 Å². The molecule has 0 aliphatic heterocycles. The van der Waals surface area contributed by atoms with Crippen LogP contribution in [0.2, 0.25) is 0 Å². The van der Waals surface area contributed by atoms with Gasteiger partial charge in [-0.15, -0.1) is 23.2 Å². The lowest BCUT2D eigenvalue weighted by Gasteiger charge is -2.29. The van der Waals surface area contributed by atoms with E-state index in [-0.39, 0.29) is 11.8 Å². The predicted octanol–water partition coefficient (Wildman–Crippen LogP) is 3.01. The molecule has 4 heteroatoms. The van der Waals surface area contributed by atoms with Gasteiger partial charge in [0.15, 0.2) is 5.79 Å². The predicted molar refractivity (Wildman–Crippen MR) is 56.7 cm³/mol. The summed E-state index contributed by atoms with van der Waals surface area (Å²) in [6.45, 7) is 5.33. The second-order valence-corrected chi connectivity index (χ2v) is 3.41. The van der Waals surface area contributed by atoms with Crippen molar-refractivity contribution in [1.29, 1.82) is 0 Å². The van der Waals surface area contributed by atoms with Crippen LogP contribution in [-0.2, 0) is 9.47 Å². The summed E-state index contributed by atoms with van der Waals surface area (Å²) in [4.78, 5) is 0. The van der Waals surface area contributed by atoms with Crippen molar-refractivity contribution in [2.75, 3.05) is 25.0 Å². The largest absolute Gasteiger partial charge is 0.348 e. The fraction of sp³-hybridized carbons (Fsp3) is 1.00. The van der Waals surface area contributed by atoms with Crippen molar-refractivity contribution in [3.05, 3.63) is 0 Å². The third-order valence-electron chi connectivity index (χ3n) is 1.55. The highest BCUT2D eigenvalue weighted by Crippen LogP contribution is 2.18. The number of rotatable bonds is 8. The van der Waals surface area contributed by atoms with E-state index in [1.54, 1.807) is 0 Å². The standard InChI is InChI=1S/C9H18Cl2O2/c1-3-5-12-9(7-10,8-11)13-6-4-2/h3-8H2,1-2H3. The minimum Gasteiger partial charge on any atom is -0.348 e. The molecule has 0 radical (unpaired) electrons. The molecule has 0 rings (SSSR count). The zero-order valence-corrected chi connectivity index (χ0v) is 9.83. The summed E-state index contributed by atoms with van der Waals surface area (Å²) >= 11 is 11.5. The van der Waals surface area contributed by atoms with Crippen LogP contribution in [0.3, 0.4) is 0 Å². The van der Waals surface area contributed by atoms with E-state index in [9.17, 15) is 0 Å². The summed E-state index contributed by atoms with van der Waals surface area (Å²) in [6.07, 6.45) is 1.87. The van der Waals surface area contributed by atoms with Crippen molar-refractivity contribution >= 4 is 23.2 Å². The zero-order chi connectivity index (χ0) is 10.2. The smallest absolute Gasteiger partial charge is 0.195 e. The SMILES string of the molecule is CCCOC(CCl)(CCl)OCCC. The summed E-state index contributed by atoms with van der Waals surface area (Å²) < 4.78 is 11.0. The van der Waals surface area contributed by atoms with Crippen LogP contribution in [-0.4, -0.2) is 30.8 Å². The van der Waals surface area contributed by atoms with E-state index in [2.05, 4.69) is 0 Å². The van der Waals surface area contributed by atoms with E-state index in [0.717, 1.165) is 12.8 Å². The highest BCUT2D eigenvalue weighted by Gasteiger charge is 2.29. The van der Waals surface area contributed by atoms with Crippen LogP contribution in [0.1, 0.15) is 26.7 Å². The average Bonchev–Trinajstić information content (AvgIpc) is 2.20. The molecule has 0 atom stereocenters. The molecule has 0 heterocycles. The van der Waals surface area contributed by atoms with Crippen LogP contribution < -0.4 is 0 Å². The van der Waals surface area contributed by atoms with Gasteiger partial charge < -0.3 is 9.47 Å². The quantitative estimate of drug-likeness (QED) is 0.470. The maximum absolute atomic E-state index is 5.76. The number of alkyl halides is 2. The van der Waals surface area contributed by atoms with E-state index in [1.807, 2.05) is 13.8 Å². The van der Waals surface area contributed by atoms with E-state index in [4.69, 9.17) is 32.7 Å². The zero-order valence-electron chi connectivity index (χ0n) is 8.32. The molecule has 0 bridgehead atoms. The average molecular weight is 229 g/mol. The van der Waals surface area contributed by atoms with Gasteiger partial charge in [0, 0.05) is 13.2 Å². The second kappa shape index (κ2) is 7.86. The van der Waals surface area contributed by atoms with Gasteiger partial charge in [-0.3, -0.25) is 0 Å². The molecule has 0 aromatic heterocycles. The summed E-state index contributed by atoms with van der Waals surface area (Å²) in [5.41, 5.74) is 0. The van der Waals surface area contributed by atoms with Gasteiger partial charge in [0.05, 0.1) is 11.8 Å². The van der Waals surface area contributed by atoms with Gasteiger partial charge in [-0.25, -0.2) is 0 Å². The molecule has 0 aromatic rings. The summed E-state index contributed by atoms with van der Waals surface area (Å²) in [6, 6.07) is 0. The lowest BCUT2D eigenvalue weighted by molar-refractivity contribution is -0.207. The third kappa shape index (κ3) is 5.06. The van der Waals surface area contributed by atoms with Gasteiger partial charge in [-0.2, -0.15) is 0 Å². The molecule has 0 saturated heterocycles. The van der Waals surface area contributed by atoms with Gasteiger partial charge in [0.25, 0.3) is 0 Å². The Morgan fingerprint density at radius 3 is 1.54 bits per heavy atom. The van der Waals surface area contributed by atoms with E-state index < -0.39 is 5.79 Å². The molecular formula is C9H18Cl2O2. The van der Waals surface area contributed by atoms with Crippen molar-refractivity contribution in [3.8, 4) is 0 Å². The maximum Gasteiger partial charge on any atom is 0.195 e. The minimum absolute atomic E-state index is 0.274. The normalized spacial score (nSPS) is 12.0. The Bertz CT molecular complexity index is 106. The number of hydrogen-bond acceptors (Lipinski definition) is 2. The molecule has 2 nitrogen and oxygen atoms in total. The highest BCUT2D eigenvalue weighted by atomic mass is 35.5. The number of ether oxygens (including phenoxy) is 2. The molecule has 0 saturated carbocycles. The summed E-state index contributed by atoms with van der Waals surface area (Å²) in [7, 11) is 0. The van der Waals surface area contributed by atoms with Crippen molar-refractivity contribution in [1.82, 2.24) is 0 Å². The Morgan fingerprint density at radius 1 is 0.923 bits per heavy atom. The molecule has 0 amide bonds. The molecule has 0 unspecified atom stereocenters. The van der Waals surface area contributed by atoms with Gasteiger partial charge >= 0.3 is 0 Å². The Morgan fingerprint density at radius 2 is 1.31 bits per heavy atom. The maximum atomic E-state index is 5.76. The van der Waals surface area contributed by atoms with Crippen LogP contribution in [0, 0.1) is 0 Å². The monoisotopic (exact) mass is 228 g/mol. The second-order valence-electron chi connectivity index (χ2n) is 2.87. The molecule has 80 valence electrons. The fourth-order valence-electron chi connectivity index (χ4n) is 0.808. The van der Waals surface area contributed by atoms with Crippen molar-refractivity contribution in [2.24, 2.45) is 0 Å². The van der Waals surface area contributed by atoms with Crippen LogP contribution in [0.25, 0.3) is 0 Å². The first-order valence-corrected chi connectivity index (χ1v) is 5.71. The number of halogens is 2. The van der Waals surface area contributed by atoms with Crippen molar-refractivity contribution < 1.29 is 9.47 Å². The first-order valence-electron chi connectivity index (χ1n) is 4.64. The lowest BCUT2D eigenvalue weighted by Crippen LogP contribution is -2.40. The first-order chi connectivity index (χ1) is 6.24. The van der Waals surface area contributed by atoms with Gasteiger partial charge in [0.2, 0.25) is 0 Å². The van der Waals surface area contributed by atoms with Crippen LogP contribution in [0.4, 0.5) is 0 Å². The number of hydrogen-bond donors (Lipinski definition) is 0. The van der Waals surface area contributed by atoms with Crippen molar-refractivity contribution in [2.45, 2.75) is 32.5 Å². The van der Waals surface area contributed by atoms with E-state index in [1.165, 1.54) is 0 Å². The molecular weight excluding hydrogens is 211 g/mol. The minimum atomic E-state index is -0.783.